The molecule has 0 unspecified atom stereocenters. The van der Waals surface area contributed by atoms with Crippen molar-refractivity contribution < 1.29 is 9.72 Å². The third-order valence-electron chi connectivity index (χ3n) is 3.98. The first-order chi connectivity index (χ1) is 10.6. The van der Waals surface area contributed by atoms with E-state index >= 15 is 0 Å². The van der Waals surface area contributed by atoms with Crippen LogP contribution >= 0.6 is 0 Å². The molecule has 1 aliphatic heterocycles. The molecule has 0 saturated carbocycles. The Morgan fingerprint density at radius 2 is 1.91 bits per heavy atom. The van der Waals surface area contributed by atoms with Crippen LogP contribution in [0.3, 0.4) is 0 Å². The summed E-state index contributed by atoms with van der Waals surface area (Å²) >= 11 is 0. The fraction of sp³-hybridized carbons (Fsp3) is 0.235. The molecule has 2 aromatic carbocycles. The molecule has 0 bridgehead atoms. The molecule has 1 heterocycles. The average molecular weight is 296 g/mol. The van der Waals surface area contributed by atoms with Crippen molar-refractivity contribution in [3.05, 3.63) is 69.8 Å². The molecule has 3 rings (SSSR count). The topological polar surface area (TPSA) is 63.5 Å². The van der Waals surface area contributed by atoms with Crippen molar-refractivity contribution >= 4 is 17.3 Å². The Hall–Kier alpha value is -2.69. The van der Waals surface area contributed by atoms with E-state index in [4.69, 9.17) is 0 Å². The van der Waals surface area contributed by atoms with Crippen LogP contribution in [0.15, 0.2) is 48.5 Å². The van der Waals surface area contributed by atoms with Crippen molar-refractivity contribution in [2.45, 2.75) is 25.8 Å². The van der Waals surface area contributed by atoms with Crippen LogP contribution in [-0.2, 0) is 17.6 Å². The van der Waals surface area contributed by atoms with Crippen LogP contribution in [0, 0.1) is 10.1 Å². The zero-order valence-electron chi connectivity index (χ0n) is 12.2. The fourth-order valence-electron chi connectivity index (χ4n) is 2.94. The summed E-state index contributed by atoms with van der Waals surface area (Å²) in [6.07, 6.45) is 1.11. The summed E-state index contributed by atoms with van der Waals surface area (Å²) in [6, 6.07) is 14.2. The predicted molar refractivity (Wildman–Crippen MR) is 83.9 cm³/mol. The zero-order valence-corrected chi connectivity index (χ0v) is 12.2. The number of nitro benzene ring substituents is 1. The number of carbonyl (C=O) groups excluding carboxylic acids is 1. The first-order valence-electron chi connectivity index (χ1n) is 7.19. The second-order valence-electron chi connectivity index (χ2n) is 5.55. The molecule has 112 valence electrons. The lowest BCUT2D eigenvalue weighted by Crippen LogP contribution is -2.36. The van der Waals surface area contributed by atoms with Gasteiger partial charge in [-0.3, -0.25) is 14.9 Å². The summed E-state index contributed by atoms with van der Waals surface area (Å²) in [6.45, 7) is 2.04. The molecule has 22 heavy (non-hydrogen) atoms. The Bertz CT molecular complexity index is 725. The Labute approximate surface area is 128 Å². The number of nitrogens with zero attached hydrogens (tertiary/aromatic N) is 2. The number of fused-ring (bicyclic) bond motifs is 1. The van der Waals surface area contributed by atoms with Crippen LogP contribution in [0.2, 0.25) is 0 Å². The van der Waals surface area contributed by atoms with Crippen molar-refractivity contribution in [1.29, 1.82) is 0 Å². The lowest BCUT2D eigenvalue weighted by Gasteiger charge is -2.22. The van der Waals surface area contributed by atoms with E-state index in [1.54, 1.807) is 12.1 Å². The number of carbonyl (C=O) groups is 1. The zero-order chi connectivity index (χ0) is 15.7. The number of hydrogen-bond donors (Lipinski definition) is 0. The van der Waals surface area contributed by atoms with Crippen molar-refractivity contribution in [3.8, 4) is 0 Å². The Morgan fingerprint density at radius 3 is 2.59 bits per heavy atom. The maximum absolute atomic E-state index is 12.6. The van der Waals surface area contributed by atoms with E-state index in [-0.39, 0.29) is 24.1 Å². The molecule has 0 N–H and O–H groups in total. The molecule has 5 heteroatoms. The smallest absolute Gasteiger partial charge is 0.269 e. The molecule has 0 saturated heterocycles. The third-order valence-corrected chi connectivity index (χ3v) is 3.98. The van der Waals surface area contributed by atoms with E-state index in [0.29, 0.717) is 0 Å². The Kier molecular flexibility index (Phi) is 3.63. The van der Waals surface area contributed by atoms with Crippen LogP contribution in [0.1, 0.15) is 18.1 Å². The summed E-state index contributed by atoms with van der Waals surface area (Å²) in [5, 5.41) is 10.7. The minimum Gasteiger partial charge on any atom is -0.309 e. The normalized spacial score (nSPS) is 16.4. The molecule has 5 nitrogen and oxygen atoms in total. The molecular formula is C17H16N2O3. The van der Waals surface area contributed by atoms with E-state index in [9.17, 15) is 14.9 Å². The highest BCUT2D eigenvalue weighted by molar-refractivity contribution is 5.97. The van der Waals surface area contributed by atoms with E-state index < -0.39 is 4.92 Å². The number of benzene rings is 2. The van der Waals surface area contributed by atoms with Gasteiger partial charge in [-0.25, -0.2) is 0 Å². The van der Waals surface area contributed by atoms with Crippen LogP contribution in [0.25, 0.3) is 0 Å². The largest absolute Gasteiger partial charge is 0.309 e. The molecular weight excluding hydrogens is 280 g/mol. The van der Waals surface area contributed by atoms with E-state index in [1.165, 1.54) is 17.7 Å². The maximum Gasteiger partial charge on any atom is 0.269 e. The number of rotatable bonds is 3. The van der Waals surface area contributed by atoms with Crippen molar-refractivity contribution in [3.63, 3.8) is 0 Å². The number of amides is 1. The minimum atomic E-state index is -0.440. The van der Waals surface area contributed by atoms with Gasteiger partial charge in [-0.2, -0.15) is 0 Å². The van der Waals surface area contributed by atoms with Crippen LogP contribution in [0.5, 0.6) is 0 Å². The highest BCUT2D eigenvalue weighted by Crippen LogP contribution is 2.32. The quantitative estimate of drug-likeness (QED) is 0.645. The average Bonchev–Trinajstić information content (AvgIpc) is 2.83. The maximum atomic E-state index is 12.6. The van der Waals surface area contributed by atoms with Crippen LogP contribution in [0.4, 0.5) is 11.4 Å². The predicted octanol–water partition coefficient (Wildman–Crippen LogP) is 3.12. The van der Waals surface area contributed by atoms with Gasteiger partial charge in [0.05, 0.1) is 11.3 Å². The van der Waals surface area contributed by atoms with Crippen LogP contribution < -0.4 is 4.90 Å². The van der Waals surface area contributed by atoms with Crippen molar-refractivity contribution in [2.75, 3.05) is 4.90 Å². The molecule has 0 aliphatic carbocycles. The first-order valence-corrected chi connectivity index (χ1v) is 7.19. The van der Waals surface area contributed by atoms with Gasteiger partial charge in [-0.15, -0.1) is 0 Å². The van der Waals surface area contributed by atoms with Gasteiger partial charge in [0.2, 0.25) is 5.91 Å². The van der Waals surface area contributed by atoms with Gasteiger partial charge in [-0.1, -0.05) is 30.3 Å². The summed E-state index contributed by atoms with van der Waals surface area (Å²) in [4.78, 5) is 24.6. The van der Waals surface area contributed by atoms with E-state index in [2.05, 4.69) is 0 Å². The summed E-state index contributed by atoms with van der Waals surface area (Å²) in [5.41, 5.74) is 2.98. The lowest BCUT2D eigenvalue weighted by molar-refractivity contribution is -0.384. The SMILES string of the molecule is C[C@@H]1Cc2ccccc2N1C(=O)Cc1ccc([N+](=O)[O-])cc1. The van der Waals surface area contributed by atoms with Gasteiger partial charge in [0.1, 0.15) is 0 Å². The molecule has 0 radical (unpaired) electrons. The van der Waals surface area contributed by atoms with Crippen molar-refractivity contribution in [2.24, 2.45) is 0 Å². The molecule has 1 atom stereocenters. The number of para-hydroxylation sites is 1. The summed E-state index contributed by atoms with van der Waals surface area (Å²) < 4.78 is 0. The first kappa shape index (κ1) is 14.3. The highest BCUT2D eigenvalue weighted by atomic mass is 16.6. The second-order valence-corrected chi connectivity index (χ2v) is 5.55. The minimum absolute atomic E-state index is 0.0197. The summed E-state index contributed by atoms with van der Waals surface area (Å²) in [7, 11) is 0. The van der Waals surface area contributed by atoms with E-state index in [1.807, 2.05) is 36.1 Å². The van der Waals surface area contributed by atoms with Gasteiger partial charge in [0.15, 0.2) is 0 Å². The van der Waals surface area contributed by atoms with Gasteiger partial charge in [-0.05, 0) is 30.5 Å². The molecule has 1 aliphatic rings. The summed E-state index contributed by atoms with van der Waals surface area (Å²) in [5.74, 6) is 0.0197. The Morgan fingerprint density at radius 1 is 1.23 bits per heavy atom. The fourth-order valence-corrected chi connectivity index (χ4v) is 2.94. The number of hydrogen-bond acceptors (Lipinski definition) is 3. The van der Waals surface area contributed by atoms with Gasteiger partial charge in [0, 0.05) is 23.9 Å². The molecule has 0 aromatic heterocycles. The molecule has 0 fully saturated rings. The number of non-ortho nitro benzene ring substituents is 1. The number of anilines is 1. The van der Waals surface area contributed by atoms with Gasteiger partial charge < -0.3 is 4.90 Å². The number of nitro groups is 1. The molecule has 0 spiro atoms. The molecule has 2 aromatic rings. The van der Waals surface area contributed by atoms with Crippen LogP contribution in [-0.4, -0.2) is 16.9 Å². The monoisotopic (exact) mass is 296 g/mol. The van der Waals surface area contributed by atoms with Crippen molar-refractivity contribution in [1.82, 2.24) is 0 Å². The van der Waals surface area contributed by atoms with Gasteiger partial charge in [0.25, 0.3) is 5.69 Å². The standard InChI is InChI=1S/C17H16N2O3/c1-12-10-14-4-2-3-5-16(14)18(12)17(20)11-13-6-8-15(9-7-13)19(21)22/h2-9,12H,10-11H2,1H3/t12-/m1/s1. The second kappa shape index (κ2) is 5.60. The lowest BCUT2D eigenvalue weighted by atomic mass is 10.1. The van der Waals surface area contributed by atoms with E-state index in [0.717, 1.165) is 17.7 Å². The Balaban J connectivity index is 1.78. The highest BCUT2D eigenvalue weighted by Gasteiger charge is 2.30. The third kappa shape index (κ3) is 2.57. The molecule has 1 amide bonds. The van der Waals surface area contributed by atoms with Gasteiger partial charge >= 0.3 is 0 Å².